The minimum Gasteiger partial charge on any atom is -0.495 e. The van der Waals surface area contributed by atoms with Gasteiger partial charge < -0.3 is 18.9 Å². The van der Waals surface area contributed by atoms with Gasteiger partial charge in [-0.25, -0.2) is 9.37 Å². The molecule has 2 heterocycles. The van der Waals surface area contributed by atoms with Crippen LogP contribution < -0.4 is 4.74 Å². The quantitative estimate of drug-likeness (QED) is 0.463. The minimum absolute atomic E-state index is 0.273. The van der Waals surface area contributed by atoms with Crippen LogP contribution in [0.5, 0.6) is 5.75 Å². The predicted molar refractivity (Wildman–Crippen MR) is 122 cm³/mol. The van der Waals surface area contributed by atoms with Crippen LogP contribution in [0.4, 0.5) is 4.39 Å². The Labute approximate surface area is 191 Å². The second-order valence-corrected chi connectivity index (χ2v) is 8.85. The van der Waals surface area contributed by atoms with Crippen LogP contribution in [0.15, 0.2) is 53.4 Å². The number of hydrogen-bond acceptors (Lipinski definition) is 5. The highest BCUT2D eigenvalue weighted by Crippen LogP contribution is 2.43. The summed E-state index contributed by atoms with van der Waals surface area (Å²) in [5, 5.41) is 15.9. The van der Waals surface area contributed by atoms with Crippen molar-refractivity contribution in [1.82, 2.24) is 14.7 Å². The summed E-state index contributed by atoms with van der Waals surface area (Å²) < 4.78 is 27.2. The molecule has 170 valence electrons. The van der Waals surface area contributed by atoms with Gasteiger partial charge in [0, 0.05) is 23.7 Å². The third kappa shape index (κ3) is 3.93. The third-order valence-corrected chi connectivity index (χ3v) is 6.27. The lowest BCUT2D eigenvalue weighted by molar-refractivity contribution is -0.00738. The first kappa shape index (κ1) is 21.4. The average molecular weight is 448 g/mol. The van der Waals surface area contributed by atoms with Gasteiger partial charge in [0.05, 0.1) is 24.8 Å². The highest BCUT2D eigenvalue weighted by molar-refractivity contribution is 5.69. The van der Waals surface area contributed by atoms with Crippen LogP contribution in [-0.2, 0) is 18.4 Å². The summed E-state index contributed by atoms with van der Waals surface area (Å²) >= 11 is 0. The summed E-state index contributed by atoms with van der Waals surface area (Å²) in [6.07, 6.45) is 6.03. The van der Waals surface area contributed by atoms with Crippen LogP contribution >= 0.6 is 0 Å². The van der Waals surface area contributed by atoms with E-state index in [1.54, 1.807) is 13.4 Å². The zero-order valence-electron chi connectivity index (χ0n) is 18.9. The third-order valence-electron chi connectivity index (χ3n) is 6.27. The molecule has 0 bridgehead atoms. The van der Waals surface area contributed by atoms with E-state index < -0.39 is 5.60 Å². The highest BCUT2D eigenvalue weighted by Gasteiger charge is 2.40. The van der Waals surface area contributed by atoms with Gasteiger partial charge in [-0.1, -0.05) is 17.3 Å². The van der Waals surface area contributed by atoms with E-state index in [1.165, 1.54) is 12.1 Å². The van der Waals surface area contributed by atoms with Crippen LogP contribution in [-0.4, -0.2) is 26.9 Å². The number of aromatic nitrogens is 3. The van der Waals surface area contributed by atoms with Crippen molar-refractivity contribution >= 4 is 0 Å². The topological polar surface area (TPSA) is 73.3 Å². The molecule has 1 unspecified atom stereocenters. The number of aryl methyl sites for hydroxylation is 2. The second kappa shape index (κ2) is 8.15. The summed E-state index contributed by atoms with van der Waals surface area (Å²) in [4.78, 5) is 4.29. The average Bonchev–Trinajstić information content (AvgIpc) is 3.40. The van der Waals surface area contributed by atoms with Crippen molar-refractivity contribution < 1.29 is 18.8 Å². The number of ether oxygens (including phenoxy) is 1. The van der Waals surface area contributed by atoms with Crippen LogP contribution in [0.1, 0.15) is 41.0 Å². The Morgan fingerprint density at radius 1 is 1.21 bits per heavy atom. The van der Waals surface area contributed by atoms with E-state index in [0.29, 0.717) is 23.6 Å². The maximum Gasteiger partial charge on any atom is 0.172 e. The van der Waals surface area contributed by atoms with Gasteiger partial charge >= 0.3 is 0 Å². The SMILES string of the molecule is COc1cc(-c2noc3c2CCCC3(O)Cc2cc(C)cc(F)c2)ccc1-n1cnc(C)c1. The molecular weight excluding hydrogens is 421 g/mol. The smallest absolute Gasteiger partial charge is 0.172 e. The Kier molecular flexibility index (Phi) is 5.29. The molecule has 0 aliphatic heterocycles. The lowest BCUT2D eigenvalue weighted by atomic mass is 9.79. The maximum atomic E-state index is 13.9. The Balaban J connectivity index is 1.51. The van der Waals surface area contributed by atoms with Gasteiger partial charge in [-0.15, -0.1) is 0 Å². The second-order valence-electron chi connectivity index (χ2n) is 8.85. The Morgan fingerprint density at radius 3 is 2.79 bits per heavy atom. The van der Waals surface area contributed by atoms with Gasteiger partial charge in [-0.2, -0.15) is 0 Å². The molecule has 7 heteroatoms. The molecule has 1 aliphatic carbocycles. The van der Waals surface area contributed by atoms with Crippen molar-refractivity contribution in [2.24, 2.45) is 0 Å². The monoisotopic (exact) mass is 447 g/mol. The molecule has 0 spiro atoms. The molecule has 6 nitrogen and oxygen atoms in total. The summed E-state index contributed by atoms with van der Waals surface area (Å²) in [6.45, 7) is 3.78. The van der Waals surface area contributed by atoms with Gasteiger partial charge in [-0.3, -0.25) is 0 Å². The van der Waals surface area contributed by atoms with Crippen molar-refractivity contribution in [2.75, 3.05) is 7.11 Å². The summed E-state index contributed by atoms with van der Waals surface area (Å²) in [5.41, 5.74) is 4.57. The number of fused-ring (bicyclic) bond motifs is 1. The number of aliphatic hydroxyl groups is 1. The fraction of sp³-hybridized carbons (Fsp3) is 0.308. The first-order valence-electron chi connectivity index (χ1n) is 11.0. The molecule has 5 rings (SSSR count). The Bertz CT molecular complexity index is 1310. The van der Waals surface area contributed by atoms with Gasteiger partial charge in [0.15, 0.2) is 5.76 Å². The van der Waals surface area contributed by atoms with Crippen LogP contribution in [0.2, 0.25) is 0 Å². The van der Waals surface area contributed by atoms with E-state index in [9.17, 15) is 9.50 Å². The summed E-state index contributed by atoms with van der Waals surface area (Å²) in [5.74, 6) is 0.852. The minimum atomic E-state index is -1.22. The maximum absolute atomic E-state index is 13.9. The lowest BCUT2D eigenvalue weighted by Crippen LogP contribution is -2.32. The number of halogens is 1. The van der Waals surface area contributed by atoms with Crippen LogP contribution in [0.25, 0.3) is 16.9 Å². The lowest BCUT2D eigenvalue weighted by Gasteiger charge is -2.30. The molecule has 2 aromatic carbocycles. The van der Waals surface area contributed by atoms with Crippen LogP contribution in [0.3, 0.4) is 0 Å². The van der Waals surface area contributed by atoms with Crippen molar-refractivity contribution in [3.63, 3.8) is 0 Å². The van der Waals surface area contributed by atoms with Crippen molar-refractivity contribution in [1.29, 1.82) is 0 Å². The van der Waals surface area contributed by atoms with Gasteiger partial charge in [0.1, 0.15) is 22.9 Å². The summed E-state index contributed by atoms with van der Waals surface area (Å²) in [7, 11) is 1.63. The molecule has 33 heavy (non-hydrogen) atoms. The molecule has 1 aliphatic rings. The summed E-state index contributed by atoms with van der Waals surface area (Å²) in [6, 6.07) is 10.7. The molecule has 0 fully saturated rings. The largest absolute Gasteiger partial charge is 0.495 e. The normalized spacial score (nSPS) is 17.7. The Morgan fingerprint density at radius 2 is 2.06 bits per heavy atom. The molecule has 0 radical (unpaired) electrons. The zero-order valence-corrected chi connectivity index (χ0v) is 18.9. The van der Waals surface area contributed by atoms with Crippen molar-refractivity contribution in [2.45, 2.75) is 45.1 Å². The number of methoxy groups -OCH3 is 1. The van der Waals surface area contributed by atoms with E-state index in [-0.39, 0.29) is 12.2 Å². The van der Waals surface area contributed by atoms with Gasteiger partial charge in [0.25, 0.3) is 0 Å². The van der Waals surface area contributed by atoms with E-state index in [1.807, 2.05) is 48.9 Å². The first-order chi connectivity index (χ1) is 15.9. The number of nitrogens with zero attached hydrogens (tertiary/aromatic N) is 3. The Hall–Kier alpha value is -3.45. The highest BCUT2D eigenvalue weighted by atomic mass is 19.1. The predicted octanol–water partition coefficient (Wildman–Crippen LogP) is 5.06. The van der Waals surface area contributed by atoms with Crippen LogP contribution in [0, 0.1) is 19.7 Å². The number of hydrogen-bond donors (Lipinski definition) is 1. The molecule has 2 aromatic heterocycles. The fourth-order valence-corrected chi connectivity index (χ4v) is 4.82. The van der Waals surface area contributed by atoms with E-state index in [4.69, 9.17) is 9.26 Å². The molecule has 0 saturated carbocycles. The molecule has 4 aromatic rings. The fourth-order valence-electron chi connectivity index (χ4n) is 4.82. The molecule has 1 atom stereocenters. The number of imidazole rings is 1. The molecular formula is C26H26FN3O3. The molecule has 0 saturated heterocycles. The molecule has 0 amide bonds. The van der Waals surface area contributed by atoms with Crippen molar-refractivity contribution in [3.8, 4) is 22.7 Å². The van der Waals surface area contributed by atoms with Gasteiger partial charge in [-0.05, 0) is 68.5 Å². The van der Waals surface area contributed by atoms with Crippen molar-refractivity contribution in [3.05, 3.63) is 82.9 Å². The zero-order chi connectivity index (χ0) is 23.2. The van der Waals surface area contributed by atoms with E-state index in [0.717, 1.165) is 46.5 Å². The van der Waals surface area contributed by atoms with E-state index in [2.05, 4.69) is 10.1 Å². The first-order valence-corrected chi connectivity index (χ1v) is 11.0. The molecule has 1 N–H and O–H groups in total. The standard InChI is InChI=1S/C26H26FN3O3/c1-16-9-18(11-20(27)10-16)13-26(31)8-4-5-21-24(29-33-25(21)26)19-6-7-22(23(12-19)32-3)30-14-17(2)28-15-30/h6-7,9-12,14-15,31H,4-5,8,13H2,1-3H3. The number of benzene rings is 2. The number of rotatable bonds is 5. The van der Waals surface area contributed by atoms with Gasteiger partial charge in [0.2, 0.25) is 0 Å². The van der Waals surface area contributed by atoms with E-state index >= 15 is 0 Å².